The standard InChI is InChI=1S/C14H16N2O4S/c1-19-13-9-12(14(20-2)8-11(13)15)16-21(17,18)10-6-4-3-5-7-10/h3-9,16H,15H2,1-2H3. The van der Waals surface area contributed by atoms with Gasteiger partial charge in [0, 0.05) is 12.1 Å². The smallest absolute Gasteiger partial charge is 0.262 e. The van der Waals surface area contributed by atoms with Gasteiger partial charge in [0.2, 0.25) is 0 Å². The van der Waals surface area contributed by atoms with Crippen molar-refractivity contribution in [2.45, 2.75) is 4.90 Å². The van der Waals surface area contributed by atoms with E-state index >= 15 is 0 Å². The maximum absolute atomic E-state index is 12.3. The Morgan fingerprint density at radius 2 is 1.62 bits per heavy atom. The molecule has 0 heterocycles. The van der Waals surface area contributed by atoms with Crippen molar-refractivity contribution >= 4 is 21.4 Å². The number of ether oxygens (including phenoxy) is 2. The van der Waals surface area contributed by atoms with E-state index in [1.807, 2.05) is 0 Å². The average molecular weight is 308 g/mol. The van der Waals surface area contributed by atoms with Crippen molar-refractivity contribution in [1.29, 1.82) is 0 Å². The molecule has 2 rings (SSSR count). The first-order valence-corrected chi connectivity index (χ1v) is 7.55. The molecule has 0 aliphatic heterocycles. The summed E-state index contributed by atoms with van der Waals surface area (Å²) in [5, 5.41) is 0. The molecule has 0 unspecified atom stereocenters. The van der Waals surface area contributed by atoms with Gasteiger partial charge in [0.15, 0.2) is 0 Å². The highest BCUT2D eigenvalue weighted by molar-refractivity contribution is 7.92. The van der Waals surface area contributed by atoms with E-state index in [1.54, 1.807) is 18.2 Å². The molecule has 2 aromatic carbocycles. The van der Waals surface area contributed by atoms with Gasteiger partial charge in [-0.05, 0) is 12.1 Å². The lowest BCUT2D eigenvalue weighted by molar-refractivity contribution is 0.406. The summed E-state index contributed by atoms with van der Waals surface area (Å²) in [6, 6.07) is 11.0. The average Bonchev–Trinajstić information content (AvgIpc) is 2.49. The molecule has 0 fully saturated rings. The second kappa shape index (κ2) is 5.92. The first kappa shape index (κ1) is 15.0. The number of benzene rings is 2. The molecule has 0 aromatic heterocycles. The molecule has 112 valence electrons. The molecule has 6 nitrogen and oxygen atoms in total. The summed E-state index contributed by atoms with van der Waals surface area (Å²) in [6.45, 7) is 0. The van der Waals surface area contributed by atoms with Crippen molar-refractivity contribution in [3.63, 3.8) is 0 Å². The van der Waals surface area contributed by atoms with Crippen molar-refractivity contribution < 1.29 is 17.9 Å². The molecule has 0 atom stereocenters. The summed E-state index contributed by atoms with van der Waals surface area (Å²) in [6.07, 6.45) is 0. The lowest BCUT2D eigenvalue weighted by Gasteiger charge is -2.14. The van der Waals surface area contributed by atoms with Crippen LogP contribution in [0.2, 0.25) is 0 Å². The Balaban J connectivity index is 2.43. The third-order valence-electron chi connectivity index (χ3n) is 2.85. The maximum Gasteiger partial charge on any atom is 0.262 e. The third-order valence-corrected chi connectivity index (χ3v) is 4.23. The molecule has 0 bridgehead atoms. The summed E-state index contributed by atoms with van der Waals surface area (Å²) < 4.78 is 37.3. The molecule has 0 aliphatic rings. The summed E-state index contributed by atoms with van der Waals surface area (Å²) in [7, 11) is -0.826. The van der Waals surface area contributed by atoms with Crippen LogP contribution in [0, 0.1) is 0 Å². The number of anilines is 2. The minimum Gasteiger partial charge on any atom is -0.495 e. The van der Waals surface area contributed by atoms with Crippen molar-refractivity contribution in [2.24, 2.45) is 0 Å². The molecular formula is C14H16N2O4S. The summed E-state index contributed by atoms with van der Waals surface area (Å²) >= 11 is 0. The Bertz CT molecular complexity index is 730. The maximum atomic E-state index is 12.3. The van der Waals surface area contributed by atoms with Gasteiger partial charge >= 0.3 is 0 Å². The fourth-order valence-electron chi connectivity index (χ4n) is 1.80. The van der Waals surface area contributed by atoms with Crippen molar-refractivity contribution in [3.8, 4) is 11.5 Å². The number of nitrogen functional groups attached to an aromatic ring is 1. The van der Waals surface area contributed by atoms with Crippen LogP contribution in [0.1, 0.15) is 0 Å². The van der Waals surface area contributed by atoms with E-state index in [4.69, 9.17) is 15.2 Å². The lowest BCUT2D eigenvalue weighted by atomic mass is 10.2. The van der Waals surface area contributed by atoms with Gasteiger partial charge in [-0.15, -0.1) is 0 Å². The molecule has 0 amide bonds. The van der Waals surface area contributed by atoms with Crippen molar-refractivity contribution in [3.05, 3.63) is 42.5 Å². The first-order valence-electron chi connectivity index (χ1n) is 6.07. The van der Waals surface area contributed by atoms with Crippen molar-refractivity contribution in [2.75, 3.05) is 24.7 Å². The molecule has 0 aliphatic carbocycles. The van der Waals surface area contributed by atoms with Gasteiger partial charge in [0.05, 0.1) is 30.5 Å². The molecule has 0 spiro atoms. The van der Waals surface area contributed by atoms with E-state index < -0.39 is 10.0 Å². The minimum atomic E-state index is -3.71. The minimum absolute atomic E-state index is 0.155. The van der Waals surface area contributed by atoms with Gasteiger partial charge in [0.1, 0.15) is 11.5 Å². The normalized spacial score (nSPS) is 11.0. The quantitative estimate of drug-likeness (QED) is 0.825. The van der Waals surface area contributed by atoms with Gasteiger partial charge in [0.25, 0.3) is 10.0 Å². The number of sulfonamides is 1. The van der Waals surface area contributed by atoms with Gasteiger partial charge in [-0.1, -0.05) is 18.2 Å². The summed E-state index contributed by atoms with van der Waals surface area (Å²) in [5.41, 5.74) is 6.38. The first-order chi connectivity index (χ1) is 9.97. The molecule has 3 N–H and O–H groups in total. The van der Waals surface area contributed by atoms with Crippen LogP contribution < -0.4 is 19.9 Å². The number of rotatable bonds is 5. The number of methoxy groups -OCH3 is 2. The summed E-state index contributed by atoms with van der Waals surface area (Å²) in [4.78, 5) is 0.155. The number of hydrogen-bond donors (Lipinski definition) is 2. The van der Waals surface area contributed by atoms with Gasteiger partial charge < -0.3 is 15.2 Å². The molecule has 0 saturated carbocycles. The zero-order chi connectivity index (χ0) is 15.5. The van der Waals surface area contributed by atoms with Crippen LogP contribution in [0.3, 0.4) is 0 Å². The third kappa shape index (κ3) is 3.19. The van der Waals surface area contributed by atoms with Crippen LogP contribution in [0.4, 0.5) is 11.4 Å². The van der Waals surface area contributed by atoms with Crippen LogP contribution in [0.5, 0.6) is 11.5 Å². The monoisotopic (exact) mass is 308 g/mol. The number of nitrogens with one attached hydrogen (secondary N) is 1. The molecular weight excluding hydrogens is 292 g/mol. The largest absolute Gasteiger partial charge is 0.495 e. The zero-order valence-electron chi connectivity index (χ0n) is 11.7. The summed E-state index contributed by atoms with van der Waals surface area (Å²) in [5.74, 6) is 0.675. The SMILES string of the molecule is COc1cc(NS(=O)(=O)c2ccccc2)c(OC)cc1N. The lowest BCUT2D eigenvalue weighted by Crippen LogP contribution is -2.13. The van der Waals surface area contributed by atoms with Crippen LogP contribution in [0.25, 0.3) is 0 Å². The van der Waals surface area contributed by atoms with Gasteiger partial charge in [-0.3, -0.25) is 4.72 Å². The second-order valence-electron chi connectivity index (χ2n) is 4.21. The Hall–Kier alpha value is -2.41. The fraction of sp³-hybridized carbons (Fsp3) is 0.143. The van der Waals surface area contributed by atoms with Gasteiger partial charge in [-0.2, -0.15) is 0 Å². The molecule has 0 saturated heterocycles. The Morgan fingerprint density at radius 3 is 2.19 bits per heavy atom. The van der Waals surface area contributed by atoms with Crippen LogP contribution >= 0.6 is 0 Å². The zero-order valence-corrected chi connectivity index (χ0v) is 12.5. The topological polar surface area (TPSA) is 90.6 Å². The number of nitrogens with two attached hydrogens (primary N) is 1. The van der Waals surface area contributed by atoms with Crippen LogP contribution in [0.15, 0.2) is 47.4 Å². The molecule has 7 heteroatoms. The van der Waals surface area contributed by atoms with E-state index in [2.05, 4.69) is 4.72 Å². The van der Waals surface area contributed by atoms with E-state index in [0.29, 0.717) is 17.2 Å². The highest BCUT2D eigenvalue weighted by Crippen LogP contribution is 2.35. The predicted molar refractivity (Wildman–Crippen MR) is 81.2 cm³/mol. The molecule has 2 aromatic rings. The van der Waals surface area contributed by atoms with Crippen LogP contribution in [-0.4, -0.2) is 22.6 Å². The Labute approximate surface area is 123 Å². The second-order valence-corrected chi connectivity index (χ2v) is 5.90. The Morgan fingerprint density at radius 1 is 1.00 bits per heavy atom. The highest BCUT2D eigenvalue weighted by atomic mass is 32.2. The molecule has 0 radical (unpaired) electrons. The van der Waals surface area contributed by atoms with E-state index in [1.165, 1.54) is 38.5 Å². The van der Waals surface area contributed by atoms with E-state index in [0.717, 1.165) is 0 Å². The number of hydrogen-bond acceptors (Lipinski definition) is 5. The van der Waals surface area contributed by atoms with Crippen LogP contribution in [-0.2, 0) is 10.0 Å². The van der Waals surface area contributed by atoms with E-state index in [9.17, 15) is 8.42 Å². The predicted octanol–water partition coefficient (Wildman–Crippen LogP) is 2.09. The molecule has 21 heavy (non-hydrogen) atoms. The highest BCUT2D eigenvalue weighted by Gasteiger charge is 2.17. The Kier molecular flexibility index (Phi) is 4.23. The van der Waals surface area contributed by atoms with E-state index in [-0.39, 0.29) is 10.6 Å². The van der Waals surface area contributed by atoms with Crippen molar-refractivity contribution in [1.82, 2.24) is 0 Å². The fourth-order valence-corrected chi connectivity index (χ4v) is 2.89. The van der Waals surface area contributed by atoms with Gasteiger partial charge in [-0.25, -0.2) is 8.42 Å².